The molecule has 5 aromatic rings. The Bertz CT molecular complexity index is 1700. The first-order valence-corrected chi connectivity index (χ1v) is 17.9. The fraction of sp³-hybridized carbons (Fsp3) is 0.262. The molecular formula is C42H41Cl3N2O. The molecule has 1 amide bonds. The van der Waals surface area contributed by atoms with Crippen LogP contribution in [0.5, 0.6) is 0 Å². The van der Waals surface area contributed by atoms with Crippen LogP contribution in [-0.4, -0.2) is 30.4 Å². The van der Waals surface area contributed by atoms with Crippen molar-refractivity contribution < 1.29 is 4.79 Å². The molecule has 6 heteroatoms. The lowest BCUT2D eigenvalue weighted by Gasteiger charge is -2.49. The van der Waals surface area contributed by atoms with Crippen molar-refractivity contribution in [3.8, 4) is 0 Å². The Balaban J connectivity index is 1.73. The Morgan fingerprint density at radius 1 is 0.646 bits per heavy atom. The van der Waals surface area contributed by atoms with Gasteiger partial charge in [-0.1, -0.05) is 150 Å². The summed E-state index contributed by atoms with van der Waals surface area (Å²) in [4.78, 5) is 16.8. The monoisotopic (exact) mass is 694 g/mol. The number of amides is 1. The van der Waals surface area contributed by atoms with Crippen molar-refractivity contribution in [2.24, 2.45) is 11.7 Å². The lowest BCUT2D eigenvalue weighted by molar-refractivity contribution is -0.121. The van der Waals surface area contributed by atoms with Crippen LogP contribution in [0.2, 0.25) is 15.1 Å². The molecule has 0 spiro atoms. The van der Waals surface area contributed by atoms with Crippen molar-refractivity contribution in [1.82, 2.24) is 4.90 Å². The molecule has 5 aromatic carbocycles. The number of nitrogens with two attached hydrogens (primary N) is 1. The third-order valence-electron chi connectivity index (χ3n) is 10.1. The van der Waals surface area contributed by atoms with Crippen LogP contribution in [0.15, 0.2) is 133 Å². The third kappa shape index (κ3) is 7.21. The molecule has 2 N–H and O–H groups in total. The van der Waals surface area contributed by atoms with E-state index in [9.17, 15) is 4.79 Å². The van der Waals surface area contributed by atoms with E-state index in [1.807, 2.05) is 54.6 Å². The number of primary amides is 1. The molecule has 0 bridgehead atoms. The summed E-state index contributed by atoms with van der Waals surface area (Å²) in [5, 5.41) is 1.54. The predicted molar refractivity (Wildman–Crippen MR) is 200 cm³/mol. The number of carbonyl (C=O) groups excluding carboxylic acids is 1. The zero-order chi connectivity index (χ0) is 33.5. The molecule has 0 radical (unpaired) electrons. The van der Waals surface area contributed by atoms with Crippen LogP contribution < -0.4 is 5.73 Å². The van der Waals surface area contributed by atoms with Gasteiger partial charge in [0.2, 0.25) is 5.91 Å². The maximum atomic E-state index is 14.3. The van der Waals surface area contributed by atoms with Crippen molar-refractivity contribution in [3.05, 3.63) is 176 Å². The molecule has 0 saturated carbocycles. The summed E-state index contributed by atoms with van der Waals surface area (Å²) in [6, 6.07) is 45.2. The third-order valence-corrected chi connectivity index (χ3v) is 11.0. The van der Waals surface area contributed by atoms with Crippen LogP contribution in [0.3, 0.4) is 0 Å². The Morgan fingerprint density at radius 2 is 1.21 bits per heavy atom. The second-order valence-corrected chi connectivity index (χ2v) is 14.1. The largest absolute Gasteiger partial charge is 0.369 e. The number of rotatable bonds is 12. The molecule has 1 aliphatic rings. The number of hydrogen-bond acceptors (Lipinski definition) is 2. The van der Waals surface area contributed by atoms with Crippen LogP contribution >= 0.6 is 34.8 Å². The van der Waals surface area contributed by atoms with E-state index in [2.05, 4.69) is 83.8 Å². The molecule has 48 heavy (non-hydrogen) atoms. The van der Waals surface area contributed by atoms with E-state index >= 15 is 0 Å². The van der Waals surface area contributed by atoms with E-state index in [1.54, 1.807) is 0 Å². The molecule has 1 heterocycles. The summed E-state index contributed by atoms with van der Waals surface area (Å²) in [5.41, 5.74) is 10.8. The van der Waals surface area contributed by atoms with E-state index < -0.39 is 23.2 Å². The SMILES string of the molecule is NC(=O)C(c1cccc(Cl)c1)C(C(CCN1CCCCC1)c1ccc(Cl)c(Cl)c1)C(c1ccccc1)(c1ccccc1)c1ccccc1. The van der Waals surface area contributed by atoms with Gasteiger partial charge in [-0.15, -0.1) is 0 Å². The Kier molecular flexibility index (Phi) is 11.2. The number of benzene rings is 5. The zero-order valence-corrected chi connectivity index (χ0v) is 29.2. The highest BCUT2D eigenvalue weighted by Gasteiger charge is 2.52. The topological polar surface area (TPSA) is 46.3 Å². The van der Waals surface area contributed by atoms with Crippen molar-refractivity contribution in [1.29, 1.82) is 0 Å². The summed E-state index contributed by atoms with van der Waals surface area (Å²) in [6.45, 7) is 3.00. The number of hydrogen-bond donors (Lipinski definition) is 1. The van der Waals surface area contributed by atoms with Gasteiger partial charge in [-0.2, -0.15) is 0 Å². The Labute approximate surface area is 299 Å². The van der Waals surface area contributed by atoms with Gasteiger partial charge in [0.1, 0.15) is 0 Å². The van der Waals surface area contributed by atoms with E-state index in [0.29, 0.717) is 15.1 Å². The molecule has 1 fully saturated rings. The van der Waals surface area contributed by atoms with Gasteiger partial charge in [-0.3, -0.25) is 4.79 Å². The maximum absolute atomic E-state index is 14.3. The lowest BCUT2D eigenvalue weighted by Crippen LogP contribution is -2.48. The number of piperidine rings is 1. The summed E-state index contributed by atoms with van der Waals surface area (Å²) >= 11 is 20.0. The van der Waals surface area contributed by atoms with Crippen LogP contribution in [0.25, 0.3) is 0 Å². The van der Waals surface area contributed by atoms with Crippen molar-refractivity contribution in [2.45, 2.75) is 42.9 Å². The van der Waals surface area contributed by atoms with E-state index in [1.165, 1.54) is 19.3 Å². The van der Waals surface area contributed by atoms with Gasteiger partial charge in [0.25, 0.3) is 0 Å². The average molecular weight is 696 g/mol. The predicted octanol–water partition coefficient (Wildman–Crippen LogP) is 10.5. The minimum absolute atomic E-state index is 0.182. The maximum Gasteiger partial charge on any atom is 0.225 e. The van der Waals surface area contributed by atoms with Crippen LogP contribution in [0.4, 0.5) is 0 Å². The van der Waals surface area contributed by atoms with Crippen molar-refractivity contribution in [2.75, 3.05) is 19.6 Å². The van der Waals surface area contributed by atoms with E-state index in [0.717, 1.165) is 53.9 Å². The fourth-order valence-corrected chi connectivity index (χ4v) is 8.52. The first-order valence-electron chi connectivity index (χ1n) is 16.8. The number of carbonyl (C=O) groups is 1. The first-order chi connectivity index (χ1) is 23.4. The van der Waals surface area contributed by atoms with Gasteiger partial charge in [0, 0.05) is 10.4 Å². The van der Waals surface area contributed by atoms with Gasteiger partial charge in [-0.05, 0) is 103 Å². The number of halogens is 3. The average Bonchev–Trinajstić information content (AvgIpc) is 3.12. The zero-order valence-electron chi connectivity index (χ0n) is 27.0. The van der Waals surface area contributed by atoms with Gasteiger partial charge in [0.05, 0.1) is 16.0 Å². The Morgan fingerprint density at radius 3 is 1.71 bits per heavy atom. The molecule has 1 aliphatic heterocycles. The summed E-state index contributed by atoms with van der Waals surface area (Å²) < 4.78 is 0. The summed E-state index contributed by atoms with van der Waals surface area (Å²) in [7, 11) is 0. The molecule has 6 rings (SSSR count). The summed E-state index contributed by atoms with van der Waals surface area (Å²) in [6.07, 6.45) is 4.42. The lowest BCUT2D eigenvalue weighted by atomic mass is 9.52. The normalized spacial score (nSPS) is 15.8. The Hall–Kier alpha value is -3.60. The van der Waals surface area contributed by atoms with Crippen molar-refractivity contribution >= 4 is 40.7 Å². The molecular weight excluding hydrogens is 655 g/mol. The highest BCUT2D eigenvalue weighted by Crippen LogP contribution is 2.56. The minimum atomic E-state index is -0.829. The van der Waals surface area contributed by atoms with Crippen molar-refractivity contribution in [3.63, 3.8) is 0 Å². The molecule has 3 atom stereocenters. The van der Waals surface area contributed by atoms with Crippen LogP contribution in [0.1, 0.15) is 65.3 Å². The van der Waals surface area contributed by atoms with Gasteiger partial charge in [-0.25, -0.2) is 0 Å². The minimum Gasteiger partial charge on any atom is -0.369 e. The molecule has 246 valence electrons. The first kappa shape index (κ1) is 34.3. The summed E-state index contributed by atoms with van der Waals surface area (Å²) in [5.74, 6) is -1.73. The number of nitrogens with zero attached hydrogens (tertiary/aromatic N) is 1. The van der Waals surface area contributed by atoms with Gasteiger partial charge in [0.15, 0.2) is 0 Å². The second-order valence-electron chi connectivity index (χ2n) is 12.8. The molecule has 1 saturated heterocycles. The molecule has 0 aromatic heterocycles. The molecule has 0 aliphatic carbocycles. The highest BCUT2D eigenvalue weighted by molar-refractivity contribution is 6.42. The number of likely N-dealkylation sites (tertiary alicyclic amines) is 1. The van der Waals surface area contributed by atoms with Crippen LogP contribution in [-0.2, 0) is 10.2 Å². The standard InChI is InChI=1S/C42H41Cl3N2O/c43-35-21-13-14-31(28-35)39(41(46)48)40(36(24-27-47-25-11-4-12-26-47)30-22-23-37(44)38(45)29-30)42(32-15-5-1-6-16-32,33-17-7-2-8-18-33)34-19-9-3-10-20-34/h1-3,5-10,13-23,28-29,36,39-40H,4,11-12,24-27H2,(H2,46,48). The molecule has 3 nitrogen and oxygen atoms in total. The van der Waals surface area contributed by atoms with Gasteiger partial charge >= 0.3 is 0 Å². The molecule has 3 unspecified atom stereocenters. The second kappa shape index (κ2) is 15.7. The fourth-order valence-electron chi connectivity index (χ4n) is 8.01. The van der Waals surface area contributed by atoms with E-state index in [4.69, 9.17) is 40.5 Å². The smallest absolute Gasteiger partial charge is 0.225 e. The van der Waals surface area contributed by atoms with E-state index in [-0.39, 0.29) is 5.92 Å². The van der Waals surface area contributed by atoms with Gasteiger partial charge < -0.3 is 10.6 Å². The quantitative estimate of drug-likeness (QED) is 0.132. The van der Waals surface area contributed by atoms with Crippen LogP contribution in [0, 0.1) is 5.92 Å². The highest BCUT2D eigenvalue weighted by atomic mass is 35.5.